The van der Waals surface area contributed by atoms with Crippen LogP contribution in [0, 0.1) is 0 Å². The van der Waals surface area contributed by atoms with Crippen molar-refractivity contribution in [2.45, 2.75) is 6.18 Å². The number of phenolic OH excluding ortho intramolecular Hbond substituents is 1. The van der Waals surface area contributed by atoms with Crippen LogP contribution in [0.3, 0.4) is 0 Å². The molecule has 26 heavy (non-hydrogen) atoms. The minimum atomic E-state index is -4.90. The molecular weight excluding hydrogens is 429 g/mol. The van der Waals surface area contributed by atoms with E-state index in [1.165, 1.54) is 0 Å². The fraction of sp³-hybridized carbons (Fsp3) is 0.0714. The van der Waals surface area contributed by atoms with Gasteiger partial charge in [-0.25, -0.2) is 9.59 Å². The van der Waals surface area contributed by atoms with Gasteiger partial charge in [-0.15, -0.1) is 0 Å². The van der Waals surface area contributed by atoms with Crippen molar-refractivity contribution in [1.82, 2.24) is 4.98 Å². The average Bonchev–Trinajstić information content (AvgIpc) is 2.46. The third-order valence-electron chi connectivity index (χ3n) is 3.33. The van der Waals surface area contributed by atoms with Gasteiger partial charge in [0.1, 0.15) is 22.7 Å². The number of aromatic carboxylic acids is 2. The van der Waals surface area contributed by atoms with Crippen LogP contribution in [0.2, 0.25) is 0 Å². The van der Waals surface area contributed by atoms with Gasteiger partial charge in [0.05, 0.1) is 10.0 Å². The number of hydrogen-bond donors (Lipinski definition) is 5. The molecule has 1 aromatic heterocycles. The highest BCUT2D eigenvalue weighted by Gasteiger charge is 2.35. The van der Waals surface area contributed by atoms with Crippen molar-refractivity contribution in [2.75, 3.05) is 5.73 Å². The fourth-order valence-electron chi connectivity index (χ4n) is 2.27. The number of aromatic hydroxyl groups is 1. The lowest BCUT2D eigenvalue weighted by Crippen LogP contribution is -2.24. The zero-order valence-electron chi connectivity index (χ0n) is 12.3. The second kappa shape index (κ2) is 6.37. The molecule has 0 saturated carbocycles. The first-order chi connectivity index (χ1) is 11.9. The lowest BCUT2D eigenvalue weighted by atomic mass is 9.93. The molecule has 0 bridgehead atoms. The minimum Gasteiger partial charge on any atom is -0.506 e. The molecule has 0 saturated heterocycles. The van der Waals surface area contributed by atoms with Gasteiger partial charge in [0.15, 0.2) is 0 Å². The summed E-state index contributed by atoms with van der Waals surface area (Å²) in [5, 5.41) is 28.6. The van der Waals surface area contributed by atoms with Crippen molar-refractivity contribution in [3.63, 3.8) is 0 Å². The number of nitrogen functional groups attached to an aromatic ring is 1. The molecule has 0 fully saturated rings. The minimum absolute atomic E-state index is 0.327. The Balaban J connectivity index is 3.10. The molecule has 2 aromatic rings. The molecule has 0 aliphatic rings. The maximum Gasteiger partial charge on any atom is 0.416 e. The predicted octanol–water partition coefficient (Wildman–Crippen LogP) is 2.51. The van der Waals surface area contributed by atoms with E-state index in [9.17, 15) is 42.9 Å². The summed E-state index contributed by atoms with van der Waals surface area (Å²) in [6.45, 7) is 0. The number of halogens is 4. The van der Waals surface area contributed by atoms with Crippen molar-refractivity contribution in [1.29, 1.82) is 0 Å². The van der Waals surface area contributed by atoms with E-state index < -0.39 is 67.5 Å². The summed E-state index contributed by atoms with van der Waals surface area (Å²) in [7, 11) is 0. The molecule has 8 nitrogen and oxygen atoms in total. The number of pyridine rings is 1. The Hall–Kier alpha value is -3.02. The molecule has 0 aliphatic carbocycles. The summed E-state index contributed by atoms with van der Waals surface area (Å²) in [6, 6.07) is 0.837. The third kappa shape index (κ3) is 3.22. The summed E-state index contributed by atoms with van der Waals surface area (Å²) in [4.78, 5) is 36.6. The summed E-state index contributed by atoms with van der Waals surface area (Å²) in [5.41, 5.74) is -1.20. The summed E-state index contributed by atoms with van der Waals surface area (Å²) >= 11 is 2.68. The lowest BCUT2D eigenvalue weighted by molar-refractivity contribution is -0.137. The Morgan fingerprint density at radius 2 is 1.65 bits per heavy atom. The molecule has 0 atom stereocenters. The van der Waals surface area contributed by atoms with Gasteiger partial charge in [-0.2, -0.15) is 13.2 Å². The van der Waals surface area contributed by atoms with E-state index in [0.717, 1.165) is 0 Å². The van der Waals surface area contributed by atoms with Gasteiger partial charge in [-0.05, 0) is 28.1 Å². The van der Waals surface area contributed by atoms with Crippen LogP contribution in [0.4, 0.5) is 19.0 Å². The van der Waals surface area contributed by atoms with Crippen LogP contribution in [-0.4, -0.2) is 32.2 Å². The highest BCUT2D eigenvalue weighted by molar-refractivity contribution is 9.10. The molecule has 0 unspecified atom stereocenters. The van der Waals surface area contributed by atoms with Crippen LogP contribution in [0.25, 0.3) is 11.1 Å². The van der Waals surface area contributed by atoms with Gasteiger partial charge >= 0.3 is 18.1 Å². The van der Waals surface area contributed by atoms with Gasteiger partial charge in [0.25, 0.3) is 5.56 Å². The van der Waals surface area contributed by atoms with Gasteiger partial charge in [0, 0.05) is 11.1 Å². The Labute approximate surface area is 149 Å². The normalized spacial score (nSPS) is 11.4. The third-order valence-corrected chi connectivity index (χ3v) is 3.94. The quantitative estimate of drug-likeness (QED) is 0.495. The Morgan fingerprint density at radius 1 is 1.12 bits per heavy atom. The number of carboxylic acid groups (broad SMARTS) is 2. The molecule has 1 heterocycles. The van der Waals surface area contributed by atoms with E-state index in [0.29, 0.717) is 12.1 Å². The van der Waals surface area contributed by atoms with Gasteiger partial charge in [-0.1, -0.05) is 0 Å². The lowest BCUT2D eigenvalue weighted by Gasteiger charge is -2.16. The Bertz CT molecular complexity index is 1000. The van der Waals surface area contributed by atoms with Crippen molar-refractivity contribution in [3.8, 4) is 16.9 Å². The second-order valence-electron chi connectivity index (χ2n) is 4.96. The van der Waals surface area contributed by atoms with E-state index in [4.69, 9.17) is 5.73 Å². The molecule has 0 amide bonds. The first-order valence-corrected chi connectivity index (χ1v) is 7.28. The molecule has 0 spiro atoms. The Kier molecular flexibility index (Phi) is 4.73. The van der Waals surface area contributed by atoms with Crippen molar-refractivity contribution < 1.29 is 38.1 Å². The van der Waals surface area contributed by atoms with E-state index in [-0.39, 0.29) is 0 Å². The maximum absolute atomic E-state index is 13.0. The molecule has 6 N–H and O–H groups in total. The number of carbonyl (C=O) groups is 2. The van der Waals surface area contributed by atoms with Crippen LogP contribution < -0.4 is 11.3 Å². The number of aromatic amines is 1. The Morgan fingerprint density at radius 3 is 2.12 bits per heavy atom. The number of nitrogens with two attached hydrogens (primary N) is 1. The monoisotopic (exact) mass is 436 g/mol. The van der Waals surface area contributed by atoms with Crippen molar-refractivity contribution in [3.05, 3.63) is 43.6 Å². The number of phenols is 1. The summed E-state index contributed by atoms with van der Waals surface area (Å²) in [6.07, 6.45) is -4.90. The highest BCUT2D eigenvalue weighted by atomic mass is 79.9. The highest BCUT2D eigenvalue weighted by Crippen LogP contribution is 2.43. The molecule has 0 aliphatic heterocycles. The number of rotatable bonds is 3. The van der Waals surface area contributed by atoms with Crippen LogP contribution >= 0.6 is 15.9 Å². The molecule has 138 valence electrons. The number of hydrogen-bond acceptors (Lipinski definition) is 5. The first-order valence-electron chi connectivity index (χ1n) is 6.48. The largest absolute Gasteiger partial charge is 0.506 e. The molecule has 2 rings (SSSR count). The maximum atomic E-state index is 13.0. The molecule has 12 heteroatoms. The number of H-pyrrole nitrogens is 1. The zero-order valence-corrected chi connectivity index (χ0v) is 13.9. The standard InChI is InChI=1S/C14H8BrF3N2O6/c15-5-2-3(14(16,17)18)1-4(9(5)21)6-7(12(23)24)10(19)20-11(22)8(6)13(25)26/h1-2,21H,(H,23,24)(H,25,26)(H3,19,20,22). The summed E-state index contributed by atoms with van der Waals surface area (Å²) in [5.74, 6) is -5.41. The number of benzene rings is 1. The summed E-state index contributed by atoms with van der Waals surface area (Å²) < 4.78 is 38.6. The van der Waals surface area contributed by atoms with Crippen LogP contribution in [0.5, 0.6) is 5.75 Å². The zero-order chi connectivity index (χ0) is 20.0. The average molecular weight is 437 g/mol. The van der Waals surface area contributed by atoms with Crippen molar-refractivity contribution in [2.24, 2.45) is 0 Å². The van der Waals surface area contributed by atoms with E-state index in [1.807, 2.05) is 0 Å². The second-order valence-corrected chi connectivity index (χ2v) is 5.81. The molecular formula is C14H8BrF3N2O6. The SMILES string of the molecule is Nc1[nH]c(=O)c(C(=O)O)c(-c2cc(C(F)(F)F)cc(Br)c2O)c1C(=O)O. The van der Waals surface area contributed by atoms with Gasteiger partial charge in [0.2, 0.25) is 0 Å². The van der Waals surface area contributed by atoms with Crippen molar-refractivity contribution >= 4 is 33.7 Å². The van der Waals surface area contributed by atoms with E-state index in [1.54, 1.807) is 4.98 Å². The van der Waals surface area contributed by atoms with E-state index >= 15 is 0 Å². The van der Waals surface area contributed by atoms with Gasteiger partial charge in [-0.3, -0.25) is 4.79 Å². The smallest absolute Gasteiger partial charge is 0.416 e. The first kappa shape index (κ1) is 19.3. The molecule has 0 radical (unpaired) electrons. The predicted molar refractivity (Wildman–Crippen MR) is 85.2 cm³/mol. The van der Waals surface area contributed by atoms with E-state index in [2.05, 4.69) is 15.9 Å². The number of carboxylic acids is 2. The topological polar surface area (TPSA) is 154 Å². The number of alkyl halides is 3. The fourth-order valence-corrected chi connectivity index (χ4v) is 2.73. The number of aromatic nitrogens is 1. The van der Waals surface area contributed by atoms with Crippen LogP contribution in [-0.2, 0) is 6.18 Å². The number of anilines is 1. The van der Waals surface area contributed by atoms with Crippen LogP contribution in [0.1, 0.15) is 26.3 Å². The number of nitrogens with one attached hydrogen (secondary N) is 1. The van der Waals surface area contributed by atoms with Crippen LogP contribution in [0.15, 0.2) is 21.4 Å². The van der Waals surface area contributed by atoms with Gasteiger partial charge < -0.3 is 26.0 Å². The molecule has 1 aromatic carbocycles.